The number of carbonyl (C=O) groups excluding carboxylic acids is 2. The first-order chi connectivity index (χ1) is 8.69. The van der Waals surface area contributed by atoms with Crippen LogP contribution in [0.15, 0.2) is 0 Å². The van der Waals surface area contributed by atoms with Gasteiger partial charge < -0.3 is 14.4 Å². The van der Waals surface area contributed by atoms with Gasteiger partial charge in [0, 0.05) is 19.2 Å². The highest BCUT2D eigenvalue weighted by atomic mass is 16.5. The summed E-state index contributed by atoms with van der Waals surface area (Å²) in [5, 5.41) is 0. The zero-order valence-electron chi connectivity index (χ0n) is 11.3. The molecule has 0 saturated carbocycles. The topological polar surface area (TPSA) is 55.8 Å². The minimum Gasteiger partial charge on any atom is -0.469 e. The maximum Gasteiger partial charge on any atom is 0.307 e. The zero-order valence-corrected chi connectivity index (χ0v) is 11.3. The Labute approximate surface area is 108 Å². The van der Waals surface area contributed by atoms with Crippen molar-refractivity contribution in [2.45, 2.75) is 45.1 Å². The lowest BCUT2D eigenvalue weighted by atomic mass is 9.99. The number of esters is 1. The van der Waals surface area contributed by atoms with Crippen molar-refractivity contribution in [1.82, 2.24) is 4.90 Å². The van der Waals surface area contributed by atoms with Crippen molar-refractivity contribution in [3.05, 3.63) is 0 Å². The highest BCUT2D eigenvalue weighted by molar-refractivity contribution is 5.78. The van der Waals surface area contributed by atoms with Crippen LogP contribution in [0.1, 0.15) is 39.0 Å². The van der Waals surface area contributed by atoms with E-state index in [-0.39, 0.29) is 17.9 Å². The van der Waals surface area contributed by atoms with Crippen molar-refractivity contribution in [3.8, 4) is 0 Å². The molecule has 1 rings (SSSR count). The Morgan fingerprint density at radius 1 is 1.33 bits per heavy atom. The molecule has 18 heavy (non-hydrogen) atoms. The second-order valence-electron chi connectivity index (χ2n) is 4.46. The van der Waals surface area contributed by atoms with Crippen molar-refractivity contribution in [1.29, 1.82) is 0 Å². The molecule has 0 aromatic heterocycles. The average molecular weight is 257 g/mol. The second kappa shape index (κ2) is 8.08. The van der Waals surface area contributed by atoms with Gasteiger partial charge in [0.2, 0.25) is 5.91 Å². The number of nitrogens with zero attached hydrogens (tertiary/aromatic N) is 1. The molecule has 5 heteroatoms. The molecule has 5 nitrogen and oxygen atoms in total. The van der Waals surface area contributed by atoms with Crippen LogP contribution in [0.2, 0.25) is 0 Å². The number of methoxy groups -OCH3 is 1. The molecule has 0 spiro atoms. The maximum atomic E-state index is 12.0. The van der Waals surface area contributed by atoms with Gasteiger partial charge in [-0.25, -0.2) is 0 Å². The summed E-state index contributed by atoms with van der Waals surface area (Å²) in [6.45, 7) is 3.73. The Morgan fingerprint density at radius 2 is 2.11 bits per heavy atom. The molecule has 1 unspecified atom stereocenters. The summed E-state index contributed by atoms with van der Waals surface area (Å²) in [5.41, 5.74) is 0. The first kappa shape index (κ1) is 15.0. The Bertz CT molecular complexity index is 280. The lowest BCUT2D eigenvalue weighted by molar-refractivity contribution is -0.144. The van der Waals surface area contributed by atoms with Crippen molar-refractivity contribution >= 4 is 11.9 Å². The molecule has 0 aromatic carbocycles. The van der Waals surface area contributed by atoms with Crippen molar-refractivity contribution in [2.75, 3.05) is 26.9 Å². The van der Waals surface area contributed by atoms with Crippen molar-refractivity contribution in [3.63, 3.8) is 0 Å². The Morgan fingerprint density at radius 3 is 2.78 bits per heavy atom. The van der Waals surface area contributed by atoms with Crippen LogP contribution in [0.4, 0.5) is 0 Å². The number of amides is 1. The highest BCUT2D eigenvalue weighted by Gasteiger charge is 2.28. The molecule has 0 aliphatic carbocycles. The van der Waals surface area contributed by atoms with E-state index in [1.165, 1.54) is 7.11 Å². The monoisotopic (exact) mass is 257 g/mol. The fraction of sp³-hybridized carbons (Fsp3) is 0.846. The normalized spacial score (nSPS) is 19.7. The minimum absolute atomic E-state index is 0.000302. The SMILES string of the molecule is CCOCCC(=O)N1CCCCC1CC(=O)OC. The van der Waals surface area contributed by atoms with Gasteiger partial charge in [-0.1, -0.05) is 0 Å². The van der Waals surface area contributed by atoms with E-state index in [1.54, 1.807) is 0 Å². The van der Waals surface area contributed by atoms with Crippen LogP contribution in [0.3, 0.4) is 0 Å². The first-order valence-corrected chi connectivity index (χ1v) is 6.63. The number of ether oxygens (including phenoxy) is 2. The molecule has 0 bridgehead atoms. The molecule has 0 radical (unpaired) electrons. The predicted molar refractivity (Wildman–Crippen MR) is 67.1 cm³/mol. The lowest BCUT2D eigenvalue weighted by Crippen LogP contribution is -2.45. The molecule has 0 aromatic rings. The molecule has 104 valence electrons. The predicted octanol–water partition coefficient (Wildman–Crippen LogP) is 1.36. The van der Waals surface area contributed by atoms with E-state index < -0.39 is 0 Å². The summed E-state index contributed by atoms with van der Waals surface area (Å²) in [6.07, 6.45) is 3.66. The molecule has 1 aliphatic rings. The number of hydrogen-bond acceptors (Lipinski definition) is 4. The van der Waals surface area contributed by atoms with Crippen LogP contribution in [0, 0.1) is 0 Å². The first-order valence-electron chi connectivity index (χ1n) is 6.63. The van der Waals surface area contributed by atoms with E-state index >= 15 is 0 Å². The molecule has 1 amide bonds. The standard InChI is InChI=1S/C13H23NO4/c1-3-18-9-7-12(15)14-8-5-4-6-11(14)10-13(16)17-2/h11H,3-10H2,1-2H3. The van der Waals surface area contributed by atoms with Gasteiger partial charge in [0.25, 0.3) is 0 Å². The van der Waals surface area contributed by atoms with Gasteiger partial charge in [-0.3, -0.25) is 9.59 Å². The van der Waals surface area contributed by atoms with Crippen LogP contribution < -0.4 is 0 Å². The third-order valence-corrected chi connectivity index (χ3v) is 3.24. The van der Waals surface area contributed by atoms with Gasteiger partial charge in [0.1, 0.15) is 0 Å². The van der Waals surface area contributed by atoms with E-state index in [0.717, 1.165) is 25.8 Å². The van der Waals surface area contributed by atoms with E-state index in [0.29, 0.717) is 26.1 Å². The maximum absolute atomic E-state index is 12.0. The quantitative estimate of drug-likeness (QED) is 0.532. The van der Waals surface area contributed by atoms with Crippen LogP contribution >= 0.6 is 0 Å². The van der Waals surface area contributed by atoms with Crippen molar-refractivity contribution in [2.24, 2.45) is 0 Å². The number of likely N-dealkylation sites (tertiary alicyclic amines) is 1. The third-order valence-electron chi connectivity index (χ3n) is 3.24. The summed E-state index contributed by atoms with van der Waals surface area (Å²) >= 11 is 0. The molecule has 1 saturated heterocycles. The fourth-order valence-corrected chi connectivity index (χ4v) is 2.26. The molecular formula is C13H23NO4. The zero-order chi connectivity index (χ0) is 13.4. The Hall–Kier alpha value is -1.10. The largest absolute Gasteiger partial charge is 0.469 e. The number of rotatable bonds is 6. The molecule has 1 aliphatic heterocycles. The van der Waals surface area contributed by atoms with Crippen LogP contribution in [-0.4, -0.2) is 49.7 Å². The molecule has 0 N–H and O–H groups in total. The summed E-state index contributed by atoms with van der Waals surface area (Å²) < 4.78 is 9.87. The summed E-state index contributed by atoms with van der Waals surface area (Å²) in [4.78, 5) is 25.2. The molecular weight excluding hydrogens is 234 g/mol. The summed E-state index contributed by atoms with van der Waals surface area (Å²) in [5.74, 6) is -0.165. The van der Waals surface area contributed by atoms with Gasteiger partial charge in [-0.15, -0.1) is 0 Å². The highest BCUT2D eigenvalue weighted by Crippen LogP contribution is 2.20. The van der Waals surface area contributed by atoms with Crippen LogP contribution in [0.25, 0.3) is 0 Å². The Balaban J connectivity index is 2.47. The number of hydrogen-bond donors (Lipinski definition) is 0. The van der Waals surface area contributed by atoms with Gasteiger partial charge in [-0.05, 0) is 26.2 Å². The summed E-state index contributed by atoms with van der Waals surface area (Å²) in [6, 6.07) is 0.000302. The molecule has 1 heterocycles. The Kier molecular flexibility index (Phi) is 6.72. The average Bonchev–Trinajstić information content (AvgIpc) is 2.39. The third kappa shape index (κ3) is 4.64. The van der Waals surface area contributed by atoms with E-state index in [4.69, 9.17) is 4.74 Å². The van der Waals surface area contributed by atoms with Gasteiger partial charge in [0.05, 0.1) is 26.6 Å². The van der Waals surface area contributed by atoms with E-state index in [2.05, 4.69) is 4.74 Å². The van der Waals surface area contributed by atoms with Gasteiger partial charge >= 0.3 is 5.97 Å². The summed E-state index contributed by atoms with van der Waals surface area (Å²) in [7, 11) is 1.38. The van der Waals surface area contributed by atoms with Crippen LogP contribution in [-0.2, 0) is 19.1 Å². The minimum atomic E-state index is -0.246. The fourth-order valence-electron chi connectivity index (χ4n) is 2.26. The van der Waals surface area contributed by atoms with Gasteiger partial charge in [0.15, 0.2) is 0 Å². The molecule has 1 atom stereocenters. The van der Waals surface area contributed by atoms with E-state index in [1.807, 2.05) is 11.8 Å². The van der Waals surface area contributed by atoms with Crippen LogP contribution in [0.5, 0.6) is 0 Å². The number of piperidine rings is 1. The smallest absolute Gasteiger partial charge is 0.307 e. The second-order valence-corrected chi connectivity index (χ2v) is 4.46. The van der Waals surface area contributed by atoms with Gasteiger partial charge in [-0.2, -0.15) is 0 Å². The lowest BCUT2D eigenvalue weighted by Gasteiger charge is -2.35. The molecule has 1 fully saturated rings. The van der Waals surface area contributed by atoms with Crippen molar-refractivity contribution < 1.29 is 19.1 Å². The van der Waals surface area contributed by atoms with E-state index in [9.17, 15) is 9.59 Å². The number of carbonyl (C=O) groups is 2.